The minimum absolute atomic E-state index is 0.0257. The molecule has 2 aromatic carbocycles. The molecule has 0 spiro atoms. The highest BCUT2D eigenvalue weighted by atomic mass is 16.5. The van der Waals surface area contributed by atoms with Crippen molar-refractivity contribution in [2.45, 2.75) is 57.2 Å². The van der Waals surface area contributed by atoms with Crippen molar-refractivity contribution >= 4 is 28.4 Å². The lowest BCUT2D eigenvalue weighted by Crippen LogP contribution is -2.48. The number of likely N-dealkylation sites (N-methyl/N-ethyl adjacent to an activating group) is 1. The molecular weight excluding hydrogens is 540 g/mol. The molecule has 9 heteroatoms. The second-order valence-corrected chi connectivity index (χ2v) is 12.4. The van der Waals surface area contributed by atoms with Gasteiger partial charge in [0, 0.05) is 43.3 Å². The Morgan fingerprint density at radius 2 is 1.74 bits per heavy atom. The molecule has 2 amide bonds. The number of anilines is 1. The number of piperazine rings is 1. The lowest BCUT2D eigenvalue weighted by molar-refractivity contribution is -0.126. The number of amides is 2. The van der Waals surface area contributed by atoms with Crippen molar-refractivity contribution in [1.29, 1.82) is 0 Å². The van der Waals surface area contributed by atoms with Gasteiger partial charge in [-0.15, -0.1) is 0 Å². The van der Waals surface area contributed by atoms with Crippen LogP contribution in [-0.4, -0.2) is 88.9 Å². The summed E-state index contributed by atoms with van der Waals surface area (Å²) >= 11 is 0. The van der Waals surface area contributed by atoms with Gasteiger partial charge in [0.1, 0.15) is 12.4 Å². The summed E-state index contributed by atoms with van der Waals surface area (Å²) in [6.45, 7) is 8.60. The Morgan fingerprint density at radius 3 is 2.44 bits per heavy atom. The molecule has 224 valence electrons. The Hall–Kier alpha value is -3.98. The molecule has 9 nitrogen and oxygen atoms in total. The summed E-state index contributed by atoms with van der Waals surface area (Å²) in [7, 11) is 2.13. The minimum atomic E-state index is -0.0506. The van der Waals surface area contributed by atoms with Crippen molar-refractivity contribution in [1.82, 2.24) is 24.7 Å². The molecule has 3 fully saturated rings. The highest BCUT2D eigenvalue weighted by Crippen LogP contribution is 2.41. The van der Waals surface area contributed by atoms with Crippen molar-refractivity contribution in [3.8, 4) is 6.01 Å². The third-order valence-electron chi connectivity index (χ3n) is 9.88. The van der Waals surface area contributed by atoms with Crippen LogP contribution in [0.5, 0.6) is 6.01 Å². The Balaban J connectivity index is 1.18. The summed E-state index contributed by atoms with van der Waals surface area (Å²) in [5.74, 6) is 1.31. The fourth-order valence-corrected chi connectivity index (χ4v) is 7.09. The maximum absolute atomic E-state index is 14.2. The highest BCUT2D eigenvalue weighted by Gasteiger charge is 2.34. The van der Waals surface area contributed by atoms with Crippen LogP contribution < -0.4 is 9.64 Å². The molecule has 4 heterocycles. The first-order valence-corrected chi connectivity index (χ1v) is 15.7. The van der Waals surface area contributed by atoms with Gasteiger partial charge in [-0.1, -0.05) is 43.3 Å². The van der Waals surface area contributed by atoms with Gasteiger partial charge in [-0.25, -0.2) is 0 Å². The Kier molecular flexibility index (Phi) is 7.51. The Bertz CT molecular complexity index is 1560. The number of hydrogen-bond acceptors (Lipinski definition) is 7. The van der Waals surface area contributed by atoms with Gasteiger partial charge in [-0.2, -0.15) is 9.97 Å². The fraction of sp³-hybridized carbons (Fsp3) is 0.471. The Morgan fingerprint density at radius 1 is 0.953 bits per heavy atom. The average molecular weight is 581 g/mol. The number of carbonyl (C=O) groups excluding carboxylic acids is 2. The van der Waals surface area contributed by atoms with E-state index in [9.17, 15) is 9.59 Å². The van der Waals surface area contributed by atoms with Crippen molar-refractivity contribution < 1.29 is 14.3 Å². The van der Waals surface area contributed by atoms with E-state index in [4.69, 9.17) is 14.7 Å². The normalized spacial score (nSPS) is 20.8. The molecule has 4 aliphatic rings. The monoisotopic (exact) mass is 580 g/mol. The molecule has 0 N–H and O–H groups in total. The largest absolute Gasteiger partial charge is 0.462 e. The number of fused-ring (bicyclic) bond motifs is 2. The third kappa shape index (κ3) is 5.24. The first-order chi connectivity index (χ1) is 21.0. The quantitative estimate of drug-likeness (QED) is 0.384. The van der Waals surface area contributed by atoms with E-state index in [1.807, 2.05) is 21.9 Å². The van der Waals surface area contributed by atoms with Gasteiger partial charge in [0.05, 0.1) is 18.8 Å². The van der Waals surface area contributed by atoms with Gasteiger partial charge in [0.15, 0.2) is 0 Å². The molecule has 43 heavy (non-hydrogen) atoms. The third-order valence-corrected chi connectivity index (χ3v) is 9.88. The summed E-state index contributed by atoms with van der Waals surface area (Å²) in [4.78, 5) is 44.5. The second kappa shape index (κ2) is 11.6. The van der Waals surface area contributed by atoms with Crippen molar-refractivity contribution in [3.05, 3.63) is 71.4 Å². The van der Waals surface area contributed by atoms with Crippen LogP contribution >= 0.6 is 0 Å². The fourth-order valence-electron chi connectivity index (χ4n) is 7.09. The number of nitrogens with zero attached hydrogens (tertiary/aromatic N) is 6. The zero-order valence-electron chi connectivity index (χ0n) is 25.0. The number of carbonyl (C=O) groups is 2. The van der Waals surface area contributed by atoms with Crippen molar-refractivity contribution in [2.24, 2.45) is 0 Å². The van der Waals surface area contributed by atoms with Gasteiger partial charge in [-0.3, -0.25) is 9.59 Å². The van der Waals surface area contributed by atoms with Gasteiger partial charge in [0.25, 0.3) is 5.91 Å². The lowest BCUT2D eigenvalue weighted by Gasteiger charge is -2.35. The molecule has 0 radical (unpaired) electrons. The van der Waals surface area contributed by atoms with E-state index in [0.717, 1.165) is 46.4 Å². The van der Waals surface area contributed by atoms with E-state index >= 15 is 0 Å². The van der Waals surface area contributed by atoms with Gasteiger partial charge in [0.2, 0.25) is 5.91 Å². The highest BCUT2D eigenvalue weighted by molar-refractivity contribution is 6.08. The molecule has 1 aliphatic carbocycles. The molecule has 3 aliphatic heterocycles. The topological polar surface area (TPSA) is 82.1 Å². The van der Waals surface area contributed by atoms with Crippen molar-refractivity contribution in [3.63, 3.8) is 0 Å². The lowest BCUT2D eigenvalue weighted by atomic mass is 9.77. The van der Waals surface area contributed by atoms with Crippen LogP contribution in [0.2, 0.25) is 0 Å². The minimum Gasteiger partial charge on any atom is -0.462 e. The van der Waals surface area contributed by atoms with Crippen molar-refractivity contribution in [2.75, 3.05) is 51.3 Å². The average Bonchev–Trinajstić information content (AvgIpc) is 3.63. The molecule has 3 aromatic rings. The first kappa shape index (κ1) is 27.8. The molecule has 7 rings (SSSR count). The number of benzene rings is 2. The smallest absolute Gasteiger partial charge is 0.318 e. The molecule has 1 saturated carbocycles. The molecule has 1 aromatic heterocycles. The van der Waals surface area contributed by atoms with Crippen LogP contribution in [0.1, 0.15) is 65.2 Å². The maximum atomic E-state index is 14.2. The van der Waals surface area contributed by atoms with E-state index in [0.29, 0.717) is 63.8 Å². The number of hydrogen-bond donors (Lipinski definition) is 0. The number of ether oxygens (including phenoxy) is 1. The van der Waals surface area contributed by atoms with E-state index < -0.39 is 0 Å². The first-order valence-electron chi connectivity index (χ1n) is 15.7. The van der Waals surface area contributed by atoms with Gasteiger partial charge in [-0.05, 0) is 73.7 Å². The molecule has 2 saturated heterocycles. The number of rotatable bonds is 7. The predicted molar refractivity (Wildman–Crippen MR) is 166 cm³/mol. The van der Waals surface area contributed by atoms with Crippen LogP contribution in [-0.2, 0) is 17.9 Å². The van der Waals surface area contributed by atoms with E-state index in [-0.39, 0.29) is 11.8 Å². The van der Waals surface area contributed by atoms with E-state index in [2.05, 4.69) is 47.7 Å². The SMILES string of the molecule is C=CC(=O)N1CCN(c2nc(OC[C@@H]3CCCN3C)nc3c2CN(C(=O)c2cccc4cccc(C5CCC5)c24)C3)CC1. The summed E-state index contributed by atoms with van der Waals surface area (Å²) in [6, 6.07) is 13.2. The zero-order valence-corrected chi connectivity index (χ0v) is 25.0. The van der Waals surface area contributed by atoms with E-state index in [1.165, 1.54) is 37.3 Å². The Labute approximate surface area is 253 Å². The number of aromatic nitrogens is 2. The van der Waals surface area contributed by atoms with Crippen LogP contribution in [0.15, 0.2) is 49.1 Å². The summed E-state index contributed by atoms with van der Waals surface area (Å²) in [6.07, 6.45) is 7.25. The summed E-state index contributed by atoms with van der Waals surface area (Å²) < 4.78 is 6.22. The van der Waals surface area contributed by atoms with E-state index in [1.54, 1.807) is 0 Å². The predicted octanol–water partition coefficient (Wildman–Crippen LogP) is 4.36. The van der Waals surface area contributed by atoms with Crippen LogP contribution in [0.4, 0.5) is 5.82 Å². The van der Waals surface area contributed by atoms with Gasteiger partial charge < -0.3 is 24.3 Å². The second-order valence-electron chi connectivity index (χ2n) is 12.4. The molecular formula is C34H40N6O3. The van der Waals surface area contributed by atoms with Crippen LogP contribution in [0.3, 0.4) is 0 Å². The maximum Gasteiger partial charge on any atom is 0.318 e. The van der Waals surface area contributed by atoms with Crippen LogP contribution in [0, 0.1) is 0 Å². The molecule has 1 atom stereocenters. The summed E-state index contributed by atoms with van der Waals surface area (Å²) in [5, 5.41) is 2.21. The zero-order chi connectivity index (χ0) is 29.5. The number of likely N-dealkylation sites (tertiary alicyclic amines) is 1. The molecule has 0 bridgehead atoms. The van der Waals surface area contributed by atoms with Crippen LogP contribution in [0.25, 0.3) is 10.8 Å². The standard InChI is InChI=1S/C34H40N6O3/c1-3-30(41)38-16-18-39(19-17-38)32-28-20-40(21-29(28)35-34(36-32)43-22-25-12-7-15-37(25)2)33(42)27-14-6-11-24-10-5-13-26(31(24)27)23-8-4-9-23/h3,5-6,10-11,13-14,23,25H,1,4,7-9,12,15-22H2,2H3/t25-/m0/s1. The van der Waals surface area contributed by atoms with Gasteiger partial charge >= 0.3 is 6.01 Å². The molecule has 0 unspecified atom stereocenters. The summed E-state index contributed by atoms with van der Waals surface area (Å²) in [5.41, 5.74) is 3.88.